The van der Waals surface area contributed by atoms with Crippen LogP contribution in [0.1, 0.15) is 29.5 Å². The van der Waals surface area contributed by atoms with Crippen LogP contribution in [0.5, 0.6) is 0 Å². The highest BCUT2D eigenvalue weighted by molar-refractivity contribution is 7.09. The maximum atomic E-state index is 11.4. The number of thiazole rings is 1. The number of rotatable bonds is 4. The van der Waals surface area contributed by atoms with Crippen molar-refractivity contribution >= 4 is 23.1 Å². The van der Waals surface area contributed by atoms with Gasteiger partial charge < -0.3 is 10.1 Å². The van der Waals surface area contributed by atoms with Gasteiger partial charge in [0.05, 0.1) is 12.6 Å². The lowest BCUT2D eigenvalue weighted by molar-refractivity contribution is 0.0587. The number of aromatic nitrogens is 3. The minimum atomic E-state index is -0.560. The second-order valence-corrected chi connectivity index (χ2v) is 5.24. The topological polar surface area (TPSA) is 77.0 Å². The van der Waals surface area contributed by atoms with E-state index in [1.165, 1.54) is 13.3 Å². The number of nitrogens with one attached hydrogen (secondary N) is 1. The van der Waals surface area contributed by atoms with E-state index in [2.05, 4.69) is 25.0 Å². The zero-order valence-electron chi connectivity index (χ0n) is 10.9. The van der Waals surface area contributed by atoms with E-state index in [1.807, 2.05) is 19.2 Å². The summed E-state index contributed by atoms with van der Waals surface area (Å²) in [6.45, 7) is 3.98. The predicted octanol–water partition coefficient (Wildman–Crippen LogP) is 2.07. The molecular weight excluding hydrogens is 264 g/mol. The number of nitrogens with zero attached hydrogens (tertiary/aromatic N) is 3. The molecule has 0 aromatic carbocycles. The molecule has 100 valence electrons. The molecule has 7 heteroatoms. The molecule has 0 aliphatic heterocycles. The molecule has 2 heterocycles. The monoisotopic (exact) mass is 278 g/mol. The minimum absolute atomic E-state index is 0.0300. The number of carbonyl (C=O) groups is 1. The molecule has 2 rings (SSSR count). The normalized spacial score (nSPS) is 11.1. The third-order valence-electron chi connectivity index (χ3n) is 2.43. The molecule has 0 radical (unpaired) electrons. The Labute approximate surface area is 114 Å². The third kappa shape index (κ3) is 3.05. The molecule has 2 aromatic rings. The average Bonchev–Trinajstić information content (AvgIpc) is 2.92. The van der Waals surface area contributed by atoms with E-state index >= 15 is 0 Å². The largest absolute Gasteiger partial charge is 0.463 e. The molecular formula is C12H14N4O2S. The lowest BCUT2D eigenvalue weighted by Gasteiger charge is -2.24. The Morgan fingerprint density at radius 2 is 2.16 bits per heavy atom. The van der Waals surface area contributed by atoms with E-state index in [0.29, 0.717) is 5.82 Å². The fraction of sp³-hybridized carbons (Fsp3) is 0.333. The fourth-order valence-electron chi connectivity index (χ4n) is 1.52. The van der Waals surface area contributed by atoms with E-state index in [4.69, 9.17) is 0 Å². The van der Waals surface area contributed by atoms with Gasteiger partial charge in [-0.25, -0.2) is 19.7 Å². The molecule has 0 amide bonds. The van der Waals surface area contributed by atoms with Crippen LogP contribution in [-0.4, -0.2) is 28.0 Å². The van der Waals surface area contributed by atoms with Crippen molar-refractivity contribution in [2.75, 3.05) is 12.4 Å². The Balaban J connectivity index is 2.22. The number of hydrogen-bond acceptors (Lipinski definition) is 7. The molecule has 0 aliphatic rings. The first-order valence-electron chi connectivity index (χ1n) is 5.62. The summed E-state index contributed by atoms with van der Waals surface area (Å²) in [5.74, 6) is 0.0220. The molecule has 6 nitrogen and oxygen atoms in total. The summed E-state index contributed by atoms with van der Waals surface area (Å²) in [5, 5.41) is 6.08. The molecule has 0 saturated heterocycles. The van der Waals surface area contributed by atoms with Crippen LogP contribution in [0.4, 0.5) is 5.82 Å². The summed E-state index contributed by atoms with van der Waals surface area (Å²) >= 11 is 1.56. The quantitative estimate of drug-likeness (QED) is 0.863. The van der Waals surface area contributed by atoms with E-state index in [1.54, 1.807) is 23.6 Å². The molecule has 0 aliphatic carbocycles. The molecule has 1 N–H and O–H groups in total. The first-order chi connectivity index (χ1) is 9.03. The van der Waals surface area contributed by atoms with Crippen LogP contribution >= 0.6 is 11.3 Å². The van der Waals surface area contributed by atoms with Crippen LogP contribution in [0.2, 0.25) is 0 Å². The van der Waals surface area contributed by atoms with E-state index in [9.17, 15) is 4.79 Å². The van der Waals surface area contributed by atoms with Crippen molar-refractivity contribution < 1.29 is 9.53 Å². The van der Waals surface area contributed by atoms with Gasteiger partial charge in [0.1, 0.15) is 10.8 Å². The third-order valence-corrected chi connectivity index (χ3v) is 3.53. The summed E-state index contributed by atoms with van der Waals surface area (Å²) in [6.07, 6.45) is 3.27. The van der Waals surface area contributed by atoms with Crippen LogP contribution in [0, 0.1) is 0 Å². The van der Waals surface area contributed by atoms with Gasteiger partial charge in [-0.1, -0.05) is 0 Å². The number of ether oxygens (including phenoxy) is 1. The van der Waals surface area contributed by atoms with E-state index in [0.717, 1.165) is 5.01 Å². The molecule has 0 saturated carbocycles. The predicted molar refractivity (Wildman–Crippen MR) is 72.1 cm³/mol. The fourth-order valence-corrected chi connectivity index (χ4v) is 2.24. The second-order valence-electron chi connectivity index (χ2n) is 4.34. The van der Waals surface area contributed by atoms with E-state index in [-0.39, 0.29) is 11.4 Å². The van der Waals surface area contributed by atoms with Crippen molar-refractivity contribution in [3.63, 3.8) is 0 Å². The molecule has 0 fully saturated rings. The van der Waals surface area contributed by atoms with Gasteiger partial charge in [0.15, 0.2) is 0 Å². The summed E-state index contributed by atoms with van der Waals surface area (Å²) in [6, 6.07) is 1.70. The summed E-state index contributed by atoms with van der Waals surface area (Å²) < 4.78 is 4.59. The van der Waals surface area contributed by atoms with Crippen molar-refractivity contribution in [2.45, 2.75) is 19.4 Å². The zero-order chi connectivity index (χ0) is 13.9. The first kappa shape index (κ1) is 13.4. The smallest absolute Gasteiger partial charge is 0.376 e. The molecule has 0 atom stereocenters. The Hall–Kier alpha value is -2.02. The second kappa shape index (κ2) is 5.31. The van der Waals surface area contributed by atoms with Crippen LogP contribution < -0.4 is 5.32 Å². The summed E-state index contributed by atoms with van der Waals surface area (Å²) in [7, 11) is 1.30. The summed E-state index contributed by atoms with van der Waals surface area (Å²) in [5.41, 5.74) is -0.379. The van der Waals surface area contributed by atoms with Crippen molar-refractivity contribution in [3.8, 4) is 0 Å². The number of methoxy groups -OCH3 is 1. The zero-order valence-corrected chi connectivity index (χ0v) is 11.7. The summed E-state index contributed by atoms with van der Waals surface area (Å²) in [4.78, 5) is 23.6. The van der Waals surface area contributed by atoms with Crippen molar-refractivity contribution in [1.82, 2.24) is 15.0 Å². The highest BCUT2D eigenvalue weighted by Gasteiger charge is 2.24. The van der Waals surface area contributed by atoms with Gasteiger partial charge in [-0.3, -0.25) is 0 Å². The van der Waals surface area contributed by atoms with Gasteiger partial charge in [0, 0.05) is 17.8 Å². The van der Waals surface area contributed by atoms with Crippen LogP contribution in [-0.2, 0) is 10.3 Å². The Kier molecular flexibility index (Phi) is 3.75. The van der Waals surface area contributed by atoms with Gasteiger partial charge >= 0.3 is 5.97 Å². The average molecular weight is 278 g/mol. The standard InChI is InChI=1S/C12H14N4O2S/c1-12(2,11-14-6-7-19-11)16-8-4-5-13-9(15-8)10(17)18-3/h4-7H,1-3H3,(H,13,15,16). The SMILES string of the molecule is COC(=O)c1nccc(NC(C)(C)c2nccs2)n1. The lowest BCUT2D eigenvalue weighted by atomic mass is 10.1. The number of esters is 1. The van der Waals surface area contributed by atoms with Gasteiger partial charge in [-0.15, -0.1) is 11.3 Å². The van der Waals surface area contributed by atoms with Gasteiger partial charge in [-0.2, -0.15) is 0 Å². The maximum Gasteiger partial charge on any atom is 0.376 e. The number of carbonyl (C=O) groups excluding carboxylic acids is 1. The van der Waals surface area contributed by atoms with Gasteiger partial charge in [0.2, 0.25) is 5.82 Å². The number of hydrogen-bond donors (Lipinski definition) is 1. The van der Waals surface area contributed by atoms with Crippen molar-refractivity contribution in [3.05, 3.63) is 34.7 Å². The molecule has 0 spiro atoms. The lowest BCUT2D eigenvalue weighted by Crippen LogP contribution is -2.28. The number of anilines is 1. The van der Waals surface area contributed by atoms with Crippen molar-refractivity contribution in [2.24, 2.45) is 0 Å². The van der Waals surface area contributed by atoms with Crippen LogP contribution in [0.15, 0.2) is 23.8 Å². The Morgan fingerprint density at radius 3 is 2.79 bits per heavy atom. The Morgan fingerprint density at radius 1 is 1.37 bits per heavy atom. The highest BCUT2D eigenvalue weighted by atomic mass is 32.1. The van der Waals surface area contributed by atoms with Crippen molar-refractivity contribution in [1.29, 1.82) is 0 Å². The first-order valence-corrected chi connectivity index (χ1v) is 6.50. The van der Waals surface area contributed by atoms with Gasteiger partial charge in [0.25, 0.3) is 0 Å². The van der Waals surface area contributed by atoms with Crippen LogP contribution in [0.25, 0.3) is 0 Å². The maximum absolute atomic E-state index is 11.4. The molecule has 0 bridgehead atoms. The van der Waals surface area contributed by atoms with E-state index < -0.39 is 5.97 Å². The molecule has 0 unspecified atom stereocenters. The molecule has 19 heavy (non-hydrogen) atoms. The Bertz CT molecular complexity index is 569. The molecule has 2 aromatic heterocycles. The minimum Gasteiger partial charge on any atom is -0.463 e. The van der Waals surface area contributed by atoms with Crippen LogP contribution in [0.3, 0.4) is 0 Å². The van der Waals surface area contributed by atoms with Gasteiger partial charge in [-0.05, 0) is 19.9 Å². The highest BCUT2D eigenvalue weighted by Crippen LogP contribution is 2.26.